The maximum Gasteiger partial charge on any atom is 0.299 e. The fourth-order valence-corrected chi connectivity index (χ4v) is 2.93. The van der Waals surface area contributed by atoms with E-state index < -0.39 is 9.85 Å². The number of nitrogens with zero attached hydrogens (tertiary/aromatic N) is 3. The monoisotopic (exact) mass is 338 g/mol. The molecule has 2 unspecified atom stereocenters. The van der Waals surface area contributed by atoms with Crippen molar-refractivity contribution >= 4 is 17.1 Å². The molecule has 1 N–H and O–H groups in total. The average Bonchev–Trinajstić information content (AvgIpc) is 2.50. The summed E-state index contributed by atoms with van der Waals surface area (Å²) in [5.41, 5.74) is -0.268. The molecule has 0 bridgehead atoms. The van der Waals surface area contributed by atoms with Gasteiger partial charge in [0, 0.05) is 32.2 Å². The van der Waals surface area contributed by atoms with Crippen LogP contribution in [0.4, 0.5) is 17.1 Å². The molecule has 0 amide bonds. The minimum Gasteiger partial charge on any atom is -0.379 e. The van der Waals surface area contributed by atoms with Crippen molar-refractivity contribution in [3.05, 3.63) is 38.4 Å². The van der Waals surface area contributed by atoms with E-state index in [4.69, 9.17) is 4.74 Å². The summed E-state index contributed by atoms with van der Waals surface area (Å²) in [6, 6.07) is 3.63. The van der Waals surface area contributed by atoms with Crippen molar-refractivity contribution in [3.63, 3.8) is 0 Å². The Balaban J connectivity index is 1.88. The Bertz CT molecular complexity index is 600. The predicted molar refractivity (Wildman–Crippen MR) is 89.3 cm³/mol. The molecule has 1 aliphatic heterocycles. The van der Waals surface area contributed by atoms with Crippen LogP contribution in [0.15, 0.2) is 18.2 Å². The highest BCUT2D eigenvalue weighted by atomic mass is 16.6. The third-order valence-electron chi connectivity index (χ3n) is 3.85. The minimum atomic E-state index is -0.641. The highest BCUT2D eigenvalue weighted by molar-refractivity contribution is 5.65. The third kappa shape index (κ3) is 4.87. The average molecular weight is 338 g/mol. The summed E-state index contributed by atoms with van der Waals surface area (Å²) in [7, 11) is 0. The Morgan fingerprint density at radius 3 is 2.46 bits per heavy atom. The first kappa shape index (κ1) is 18.1. The number of non-ortho nitro benzene ring substituents is 1. The van der Waals surface area contributed by atoms with E-state index in [1.165, 1.54) is 12.1 Å². The molecule has 9 nitrogen and oxygen atoms in total. The Morgan fingerprint density at radius 2 is 1.88 bits per heavy atom. The largest absolute Gasteiger partial charge is 0.379 e. The summed E-state index contributed by atoms with van der Waals surface area (Å²) < 4.78 is 5.68. The van der Waals surface area contributed by atoms with Gasteiger partial charge in [-0.15, -0.1) is 0 Å². The maximum atomic E-state index is 11.1. The van der Waals surface area contributed by atoms with Crippen LogP contribution < -0.4 is 5.32 Å². The standard InChI is InChI=1S/C15H22N4O5/c1-11-9-17(10-12(2)24-11)7-3-6-16-14-5-4-13(18(20)21)8-15(14)19(22)23/h4-5,8,11-12,16H,3,6-7,9-10H2,1-2H3. The van der Waals surface area contributed by atoms with Crippen molar-refractivity contribution in [2.45, 2.75) is 32.5 Å². The lowest BCUT2D eigenvalue weighted by molar-refractivity contribution is -0.393. The van der Waals surface area contributed by atoms with E-state index in [0.29, 0.717) is 12.2 Å². The van der Waals surface area contributed by atoms with E-state index in [1.807, 2.05) is 13.8 Å². The summed E-state index contributed by atoms with van der Waals surface area (Å²) in [5.74, 6) is 0. The molecular weight excluding hydrogens is 316 g/mol. The summed E-state index contributed by atoms with van der Waals surface area (Å²) in [4.78, 5) is 22.9. The topological polar surface area (TPSA) is 111 Å². The van der Waals surface area contributed by atoms with Crippen LogP contribution in [-0.4, -0.2) is 53.1 Å². The molecule has 1 aromatic rings. The first-order valence-electron chi connectivity index (χ1n) is 7.91. The second-order valence-electron chi connectivity index (χ2n) is 6.01. The third-order valence-corrected chi connectivity index (χ3v) is 3.85. The van der Waals surface area contributed by atoms with Crippen molar-refractivity contribution in [1.82, 2.24) is 4.90 Å². The van der Waals surface area contributed by atoms with Crippen LogP contribution in [0.25, 0.3) is 0 Å². The molecule has 2 rings (SSSR count). The fraction of sp³-hybridized carbons (Fsp3) is 0.600. The number of hydrogen-bond donors (Lipinski definition) is 1. The number of nitro groups is 2. The van der Waals surface area contributed by atoms with Crippen LogP contribution in [0.3, 0.4) is 0 Å². The van der Waals surface area contributed by atoms with Crippen molar-refractivity contribution in [2.75, 3.05) is 31.5 Å². The maximum absolute atomic E-state index is 11.1. The van der Waals surface area contributed by atoms with Gasteiger partial charge in [-0.2, -0.15) is 0 Å². The number of hydrogen-bond acceptors (Lipinski definition) is 7. The predicted octanol–water partition coefficient (Wildman–Crippen LogP) is 2.41. The second-order valence-corrected chi connectivity index (χ2v) is 6.01. The molecule has 0 aromatic heterocycles. The molecule has 132 valence electrons. The van der Waals surface area contributed by atoms with Crippen LogP contribution in [0.2, 0.25) is 0 Å². The molecule has 9 heteroatoms. The first-order chi connectivity index (χ1) is 11.4. The number of morpholine rings is 1. The van der Waals surface area contributed by atoms with E-state index in [-0.39, 0.29) is 23.6 Å². The molecule has 1 fully saturated rings. The van der Waals surface area contributed by atoms with E-state index >= 15 is 0 Å². The molecule has 0 radical (unpaired) electrons. The van der Waals surface area contributed by atoms with Crippen molar-refractivity contribution in [1.29, 1.82) is 0 Å². The van der Waals surface area contributed by atoms with Crippen LogP contribution in [0, 0.1) is 20.2 Å². The zero-order valence-electron chi connectivity index (χ0n) is 13.8. The molecule has 1 saturated heterocycles. The molecule has 1 heterocycles. The number of ether oxygens (including phenoxy) is 1. The van der Waals surface area contributed by atoms with Gasteiger partial charge in [0.25, 0.3) is 11.4 Å². The zero-order valence-corrected chi connectivity index (χ0v) is 13.8. The van der Waals surface area contributed by atoms with Gasteiger partial charge in [0.2, 0.25) is 0 Å². The number of nitro benzene ring substituents is 2. The number of benzene rings is 1. The molecule has 2 atom stereocenters. The Kier molecular flexibility index (Phi) is 6.04. The highest BCUT2D eigenvalue weighted by Crippen LogP contribution is 2.28. The quantitative estimate of drug-likeness (QED) is 0.461. The lowest BCUT2D eigenvalue weighted by atomic mass is 10.2. The molecule has 0 saturated carbocycles. The smallest absolute Gasteiger partial charge is 0.299 e. The van der Waals surface area contributed by atoms with Crippen LogP contribution >= 0.6 is 0 Å². The summed E-state index contributed by atoms with van der Waals surface area (Å²) in [6.45, 7) is 7.26. The van der Waals surface area contributed by atoms with Crippen LogP contribution in [0.5, 0.6) is 0 Å². The minimum absolute atomic E-state index is 0.206. The van der Waals surface area contributed by atoms with Gasteiger partial charge in [0.05, 0.1) is 28.1 Å². The van der Waals surface area contributed by atoms with Gasteiger partial charge in [-0.05, 0) is 26.3 Å². The summed E-state index contributed by atoms with van der Waals surface area (Å²) in [6.07, 6.45) is 1.23. The van der Waals surface area contributed by atoms with Gasteiger partial charge in [0.15, 0.2) is 0 Å². The molecule has 24 heavy (non-hydrogen) atoms. The van der Waals surface area contributed by atoms with Gasteiger partial charge < -0.3 is 10.1 Å². The van der Waals surface area contributed by atoms with Crippen LogP contribution in [0.1, 0.15) is 20.3 Å². The van der Waals surface area contributed by atoms with Gasteiger partial charge in [-0.25, -0.2) is 0 Å². The van der Waals surface area contributed by atoms with Crippen molar-refractivity contribution in [3.8, 4) is 0 Å². The Morgan fingerprint density at radius 1 is 1.21 bits per heavy atom. The van der Waals surface area contributed by atoms with Crippen molar-refractivity contribution in [2.24, 2.45) is 0 Å². The zero-order chi connectivity index (χ0) is 17.7. The van der Waals surface area contributed by atoms with Crippen molar-refractivity contribution < 1.29 is 14.6 Å². The van der Waals surface area contributed by atoms with E-state index in [1.54, 1.807) is 0 Å². The first-order valence-corrected chi connectivity index (χ1v) is 7.91. The Labute approximate surface area is 139 Å². The lowest BCUT2D eigenvalue weighted by Gasteiger charge is -2.35. The molecular formula is C15H22N4O5. The Hall–Kier alpha value is -2.26. The number of nitrogens with one attached hydrogen (secondary N) is 1. The molecule has 1 aliphatic rings. The summed E-state index contributed by atoms with van der Waals surface area (Å²) in [5, 5.41) is 24.8. The molecule has 0 aliphatic carbocycles. The second kappa shape index (κ2) is 8.02. The van der Waals surface area contributed by atoms with Crippen LogP contribution in [-0.2, 0) is 4.74 Å². The SMILES string of the molecule is CC1CN(CCCNc2ccc([N+](=O)[O-])cc2[N+](=O)[O-])CC(C)O1. The van der Waals surface area contributed by atoms with Gasteiger partial charge in [-0.1, -0.05) is 0 Å². The van der Waals surface area contributed by atoms with Gasteiger partial charge in [0.1, 0.15) is 5.69 Å². The molecule has 0 spiro atoms. The fourth-order valence-electron chi connectivity index (χ4n) is 2.93. The normalized spacial score (nSPS) is 21.4. The summed E-state index contributed by atoms with van der Waals surface area (Å²) >= 11 is 0. The number of rotatable bonds is 7. The van der Waals surface area contributed by atoms with Gasteiger partial charge in [-0.3, -0.25) is 25.1 Å². The number of anilines is 1. The van der Waals surface area contributed by atoms with E-state index in [0.717, 1.165) is 32.1 Å². The van der Waals surface area contributed by atoms with E-state index in [2.05, 4.69) is 10.2 Å². The molecule has 1 aromatic carbocycles. The lowest BCUT2D eigenvalue weighted by Crippen LogP contribution is -2.45. The van der Waals surface area contributed by atoms with Gasteiger partial charge >= 0.3 is 0 Å². The van der Waals surface area contributed by atoms with E-state index in [9.17, 15) is 20.2 Å². The highest BCUT2D eigenvalue weighted by Gasteiger charge is 2.22.